The van der Waals surface area contributed by atoms with Crippen molar-refractivity contribution in [3.63, 3.8) is 0 Å². The summed E-state index contributed by atoms with van der Waals surface area (Å²) in [6.07, 6.45) is 0. The molecular weight excluding hydrogens is 350 g/mol. The van der Waals surface area contributed by atoms with Crippen molar-refractivity contribution in [2.75, 3.05) is 36.4 Å². The van der Waals surface area contributed by atoms with Crippen LogP contribution in [-0.2, 0) is 0 Å². The number of fused-ring (bicyclic) bond motifs is 1. The lowest BCUT2D eigenvalue weighted by atomic mass is 10.2. The number of rotatable bonds is 4. The van der Waals surface area contributed by atoms with Crippen molar-refractivity contribution >= 4 is 28.6 Å². The number of para-hydroxylation sites is 1. The van der Waals surface area contributed by atoms with Crippen LogP contribution in [-0.4, -0.2) is 53.0 Å². The number of nitrogens with one attached hydrogen (secondary N) is 1. The maximum Gasteiger partial charge on any atom is 0.253 e. The second-order valence-corrected chi connectivity index (χ2v) is 7.33. The van der Waals surface area contributed by atoms with E-state index in [1.807, 2.05) is 59.5 Å². The summed E-state index contributed by atoms with van der Waals surface area (Å²) in [5, 5.41) is 4.46. The van der Waals surface area contributed by atoms with Crippen LogP contribution in [0.25, 0.3) is 10.9 Å². The Morgan fingerprint density at radius 2 is 1.61 bits per heavy atom. The predicted octanol–water partition coefficient (Wildman–Crippen LogP) is 3.41. The van der Waals surface area contributed by atoms with Crippen molar-refractivity contribution < 1.29 is 4.79 Å². The number of carbonyl (C=O) groups excluding carboxylic acids is 1. The summed E-state index contributed by atoms with van der Waals surface area (Å²) in [7, 11) is 0. The standard InChI is InChI=1S/C22H25N5O/c1-16(2)23-20-18-10-6-7-11-19(18)24-22(25-20)27-14-12-26(13-15-27)21(28)17-8-4-3-5-9-17/h3-11,16H,12-15H2,1-2H3,(H,23,24,25). The van der Waals surface area contributed by atoms with Gasteiger partial charge in [0.1, 0.15) is 5.82 Å². The largest absolute Gasteiger partial charge is 0.367 e. The first-order valence-electron chi connectivity index (χ1n) is 9.74. The number of hydrogen-bond donors (Lipinski definition) is 1. The monoisotopic (exact) mass is 375 g/mol. The van der Waals surface area contributed by atoms with Crippen LogP contribution in [0.2, 0.25) is 0 Å². The Morgan fingerprint density at radius 3 is 2.32 bits per heavy atom. The molecule has 144 valence electrons. The van der Waals surface area contributed by atoms with Crippen LogP contribution in [0.1, 0.15) is 24.2 Å². The molecule has 1 aliphatic heterocycles. The molecule has 6 heteroatoms. The summed E-state index contributed by atoms with van der Waals surface area (Å²) in [5.41, 5.74) is 1.67. The molecule has 0 saturated carbocycles. The van der Waals surface area contributed by atoms with Crippen LogP contribution in [0.4, 0.5) is 11.8 Å². The van der Waals surface area contributed by atoms with E-state index in [1.165, 1.54) is 0 Å². The van der Waals surface area contributed by atoms with Gasteiger partial charge in [-0.05, 0) is 38.1 Å². The number of carbonyl (C=O) groups is 1. The first-order chi connectivity index (χ1) is 13.6. The van der Waals surface area contributed by atoms with Gasteiger partial charge in [0.05, 0.1) is 5.52 Å². The van der Waals surface area contributed by atoms with E-state index in [4.69, 9.17) is 9.97 Å². The van der Waals surface area contributed by atoms with E-state index in [0.717, 1.165) is 35.4 Å². The first kappa shape index (κ1) is 18.2. The zero-order valence-electron chi connectivity index (χ0n) is 16.3. The van der Waals surface area contributed by atoms with E-state index >= 15 is 0 Å². The van der Waals surface area contributed by atoms with Gasteiger partial charge in [-0.3, -0.25) is 4.79 Å². The van der Waals surface area contributed by atoms with Gasteiger partial charge in [0.15, 0.2) is 0 Å². The molecule has 1 amide bonds. The topological polar surface area (TPSA) is 61.4 Å². The Balaban J connectivity index is 1.53. The van der Waals surface area contributed by atoms with Gasteiger partial charge in [-0.25, -0.2) is 4.98 Å². The third-order valence-electron chi connectivity index (χ3n) is 4.89. The van der Waals surface area contributed by atoms with Crippen LogP contribution >= 0.6 is 0 Å². The first-order valence-corrected chi connectivity index (χ1v) is 9.74. The molecule has 1 aromatic heterocycles. The fraction of sp³-hybridized carbons (Fsp3) is 0.318. The third-order valence-corrected chi connectivity index (χ3v) is 4.89. The van der Waals surface area contributed by atoms with Crippen LogP contribution in [0, 0.1) is 0 Å². The molecule has 0 aliphatic carbocycles. The molecular formula is C22H25N5O. The SMILES string of the molecule is CC(C)Nc1nc(N2CCN(C(=O)c3ccccc3)CC2)nc2ccccc12. The van der Waals surface area contributed by atoms with Crippen molar-refractivity contribution in [3.05, 3.63) is 60.2 Å². The molecule has 0 radical (unpaired) electrons. The van der Waals surface area contributed by atoms with Crippen molar-refractivity contribution in [1.29, 1.82) is 0 Å². The second-order valence-electron chi connectivity index (χ2n) is 7.33. The highest BCUT2D eigenvalue weighted by Gasteiger charge is 2.24. The van der Waals surface area contributed by atoms with Crippen molar-refractivity contribution in [3.8, 4) is 0 Å². The molecule has 4 rings (SSSR count). The minimum atomic E-state index is 0.0850. The summed E-state index contributed by atoms with van der Waals surface area (Å²) in [4.78, 5) is 26.3. The number of amides is 1. The Labute approximate surface area is 165 Å². The summed E-state index contributed by atoms with van der Waals surface area (Å²) in [5.74, 6) is 1.66. The molecule has 2 heterocycles. The van der Waals surface area contributed by atoms with Crippen molar-refractivity contribution in [2.24, 2.45) is 0 Å². The fourth-order valence-corrected chi connectivity index (χ4v) is 3.46. The van der Waals surface area contributed by atoms with Gasteiger partial charge in [0.25, 0.3) is 5.91 Å². The number of piperazine rings is 1. The summed E-state index contributed by atoms with van der Waals surface area (Å²) in [6, 6.07) is 17.8. The van der Waals surface area contributed by atoms with Crippen LogP contribution in [0.3, 0.4) is 0 Å². The second kappa shape index (κ2) is 7.84. The molecule has 28 heavy (non-hydrogen) atoms. The van der Waals surface area contributed by atoms with Crippen LogP contribution < -0.4 is 10.2 Å². The normalized spacial score (nSPS) is 14.5. The van der Waals surface area contributed by atoms with Crippen molar-refractivity contribution in [1.82, 2.24) is 14.9 Å². The van der Waals surface area contributed by atoms with Gasteiger partial charge >= 0.3 is 0 Å². The van der Waals surface area contributed by atoms with Crippen LogP contribution in [0.5, 0.6) is 0 Å². The van der Waals surface area contributed by atoms with Gasteiger partial charge in [-0.15, -0.1) is 0 Å². The molecule has 1 fully saturated rings. The third kappa shape index (κ3) is 3.76. The Bertz CT molecular complexity index is 965. The molecule has 6 nitrogen and oxygen atoms in total. The number of hydrogen-bond acceptors (Lipinski definition) is 5. The molecule has 0 atom stereocenters. The van der Waals surface area contributed by atoms with E-state index in [0.29, 0.717) is 19.0 Å². The number of benzene rings is 2. The lowest BCUT2D eigenvalue weighted by molar-refractivity contribution is 0.0746. The lowest BCUT2D eigenvalue weighted by Gasteiger charge is -2.35. The van der Waals surface area contributed by atoms with E-state index in [-0.39, 0.29) is 11.9 Å². The average Bonchev–Trinajstić information content (AvgIpc) is 2.73. The van der Waals surface area contributed by atoms with E-state index < -0.39 is 0 Å². The Hall–Kier alpha value is -3.15. The lowest BCUT2D eigenvalue weighted by Crippen LogP contribution is -2.49. The average molecular weight is 375 g/mol. The van der Waals surface area contributed by atoms with Crippen LogP contribution in [0.15, 0.2) is 54.6 Å². The maximum atomic E-state index is 12.7. The molecule has 0 bridgehead atoms. The van der Waals surface area contributed by atoms with Gasteiger partial charge < -0.3 is 15.1 Å². The molecule has 0 spiro atoms. The molecule has 1 aliphatic rings. The Morgan fingerprint density at radius 1 is 0.929 bits per heavy atom. The molecule has 1 saturated heterocycles. The molecule has 3 aromatic rings. The molecule has 2 aromatic carbocycles. The van der Waals surface area contributed by atoms with Crippen molar-refractivity contribution in [2.45, 2.75) is 19.9 Å². The highest BCUT2D eigenvalue weighted by Crippen LogP contribution is 2.24. The summed E-state index contributed by atoms with van der Waals surface area (Å²) in [6.45, 7) is 6.97. The number of aromatic nitrogens is 2. The Kier molecular flexibility index (Phi) is 5.10. The summed E-state index contributed by atoms with van der Waals surface area (Å²) >= 11 is 0. The zero-order valence-corrected chi connectivity index (χ0v) is 16.3. The predicted molar refractivity (Wildman–Crippen MR) is 113 cm³/mol. The van der Waals surface area contributed by atoms with Gasteiger partial charge in [-0.2, -0.15) is 4.98 Å². The van der Waals surface area contributed by atoms with Gasteiger partial charge in [0.2, 0.25) is 5.95 Å². The highest BCUT2D eigenvalue weighted by atomic mass is 16.2. The minimum Gasteiger partial charge on any atom is -0.367 e. The van der Waals surface area contributed by atoms with E-state index in [2.05, 4.69) is 24.1 Å². The minimum absolute atomic E-state index is 0.0850. The van der Waals surface area contributed by atoms with Gasteiger partial charge in [-0.1, -0.05) is 30.3 Å². The van der Waals surface area contributed by atoms with Gasteiger partial charge in [0, 0.05) is 43.2 Å². The molecule has 1 N–H and O–H groups in total. The highest BCUT2D eigenvalue weighted by molar-refractivity contribution is 5.94. The zero-order chi connectivity index (χ0) is 19.5. The quantitative estimate of drug-likeness (QED) is 0.757. The number of anilines is 2. The molecule has 0 unspecified atom stereocenters. The van der Waals surface area contributed by atoms with E-state index in [1.54, 1.807) is 0 Å². The number of nitrogens with zero attached hydrogens (tertiary/aromatic N) is 4. The summed E-state index contributed by atoms with van der Waals surface area (Å²) < 4.78 is 0. The fourth-order valence-electron chi connectivity index (χ4n) is 3.46. The van der Waals surface area contributed by atoms with E-state index in [9.17, 15) is 4.79 Å². The smallest absolute Gasteiger partial charge is 0.253 e. The maximum absolute atomic E-state index is 12.7.